The van der Waals surface area contributed by atoms with Crippen LogP contribution in [0.1, 0.15) is 13.8 Å². The zero-order valence-electron chi connectivity index (χ0n) is 11.5. The first kappa shape index (κ1) is 14.0. The molecule has 0 radical (unpaired) electrons. The SMILES string of the molecule is CC(C)Oc1ccn2c(-c3cc(F)cc(Br)n3)cnc2c1. The summed E-state index contributed by atoms with van der Waals surface area (Å²) in [6.45, 7) is 3.94. The van der Waals surface area contributed by atoms with Crippen molar-refractivity contribution in [3.8, 4) is 17.1 Å². The summed E-state index contributed by atoms with van der Waals surface area (Å²) in [7, 11) is 0. The third-order valence-electron chi connectivity index (χ3n) is 2.88. The van der Waals surface area contributed by atoms with E-state index in [2.05, 4.69) is 25.9 Å². The number of fused-ring (bicyclic) bond motifs is 1. The number of halogens is 2. The molecule has 0 atom stereocenters. The Morgan fingerprint density at radius 1 is 1.29 bits per heavy atom. The second-order valence-electron chi connectivity index (χ2n) is 4.89. The van der Waals surface area contributed by atoms with Crippen molar-refractivity contribution in [2.75, 3.05) is 0 Å². The molecule has 0 saturated heterocycles. The Hall–Kier alpha value is -1.95. The van der Waals surface area contributed by atoms with Crippen molar-refractivity contribution in [1.29, 1.82) is 0 Å². The highest BCUT2D eigenvalue weighted by molar-refractivity contribution is 9.10. The second-order valence-corrected chi connectivity index (χ2v) is 5.71. The summed E-state index contributed by atoms with van der Waals surface area (Å²) in [6, 6.07) is 6.40. The van der Waals surface area contributed by atoms with Crippen molar-refractivity contribution in [3.05, 3.63) is 47.1 Å². The van der Waals surface area contributed by atoms with Gasteiger partial charge in [-0.2, -0.15) is 0 Å². The lowest BCUT2D eigenvalue weighted by molar-refractivity contribution is 0.242. The van der Waals surface area contributed by atoms with Crippen molar-refractivity contribution in [2.45, 2.75) is 20.0 Å². The minimum atomic E-state index is -0.346. The number of nitrogens with zero attached hydrogens (tertiary/aromatic N) is 3. The van der Waals surface area contributed by atoms with Crippen molar-refractivity contribution in [2.24, 2.45) is 0 Å². The van der Waals surface area contributed by atoms with E-state index in [0.29, 0.717) is 10.3 Å². The normalized spacial score (nSPS) is 11.3. The molecule has 3 rings (SSSR count). The summed E-state index contributed by atoms with van der Waals surface area (Å²) in [5.41, 5.74) is 1.97. The van der Waals surface area contributed by atoms with Crippen molar-refractivity contribution in [1.82, 2.24) is 14.4 Å². The summed E-state index contributed by atoms with van der Waals surface area (Å²) in [5, 5.41) is 0. The van der Waals surface area contributed by atoms with Gasteiger partial charge in [-0.05, 0) is 35.8 Å². The highest BCUT2D eigenvalue weighted by atomic mass is 79.9. The van der Waals surface area contributed by atoms with E-state index in [4.69, 9.17) is 4.74 Å². The largest absolute Gasteiger partial charge is 0.491 e. The fraction of sp³-hybridized carbons (Fsp3) is 0.200. The summed E-state index contributed by atoms with van der Waals surface area (Å²) in [5.74, 6) is 0.407. The summed E-state index contributed by atoms with van der Waals surface area (Å²) < 4.78 is 21.4. The topological polar surface area (TPSA) is 39.4 Å². The van der Waals surface area contributed by atoms with Crippen LogP contribution in [0.25, 0.3) is 17.0 Å². The molecule has 0 aliphatic heterocycles. The van der Waals surface area contributed by atoms with Crippen LogP contribution in [0.5, 0.6) is 5.75 Å². The fourth-order valence-corrected chi connectivity index (χ4v) is 2.50. The van der Waals surface area contributed by atoms with E-state index in [1.807, 2.05) is 36.6 Å². The number of aromatic nitrogens is 3. The van der Waals surface area contributed by atoms with E-state index in [1.165, 1.54) is 12.1 Å². The van der Waals surface area contributed by atoms with Gasteiger partial charge >= 0.3 is 0 Å². The molecule has 3 aromatic rings. The molecular weight excluding hydrogens is 337 g/mol. The van der Waals surface area contributed by atoms with Crippen molar-refractivity contribution in [3.63, 3.8) is 0 Å². The first-order chi connectivity index (χ1) is 10.0. The summed E-state index contributed by atoms with van der Waals surface area (Å²) >= 11 is 3.20. The molecule has 0 spiro atoms. The lowest BCUT2D eigenvalue weighted by Gasteiger charge is -2.10. The van der Waals surface area contributed by atoms with Gasteiger partial charge in [0.25, 0.3) is 0 Å². The van der Waals surface area contributed by atoms with Crippen LogP contribution < -0.4 is 4.74 Å². The average molecular weight is 350 g/mol. The maximum Gasteiger partial charge on any atom is 0.140 e. The molecule has 0 aromatic carbocycles. The molecule has 3 aromatic heterocycles. The van der Waals surface area contributed by atoms with Crippen LogP contribution in [0.15, 0.2) is 41.3 Å². The Balaban J connectivity index is 2.08. The molecule has 0 aliphatic rings. The Morgan fingerprint density at radius 2 is 2.10 bits per heavy atom. The van der Waals surface area contributed by atoms with Gasteiger partial charge in [-0.1, -0.05) is 0 Å². The maximum absolute atomic E-state index is 13.5. The maximum atomic E-state index is 13.5. The number of ether oxygens (including phenoxy) is 1. The third kappa shape index (κ3) is 2.90. The number of imidazole rings is 1. The molecule has 6 heteroatoms. The molecule has 0 unspecified atom stereocenters. The number of hydrogen-bond acceptors (Lipinski definition) is 3. The Morgan fingerprint density at radius 3 is 2.81 bits per heavy atom. The van der Waals surface area contributed by atoms with Gasteiger partial charge < -0.3 is 4.74 Å². The quantitative estimate of drug-likeness (QED) is 0.668. The van der Waals surface area contributed by atoms with Gasteiger partial charge in [0, 0.05) is 24.4 Å². The molecule has 0 bridgehead atoms. The molecular formula is C15H13BrFN3O. The van der Waals surface area contributed by atoms with E-state index in [1.54, 1.807) is 6.20 Å². The zero-order chi connectivity index (χ0) is 15.0. The van der Waals surface area contributed by atoms with Crippen LogP contribution in [0, 0.1) is 5.82 Å². The van der Waals surface area contributed by atoms with Crippen LogP contribution in [0.2, 0.25) is 0 Å². The Kier molecular flexibility index (Phi) is 3.63. The van der Waals surface area contributed by atoms with E-state index >= 15 is 0 Å². The molecule has 0 amide bonds. The molecule has 108 valence electrons. The lowest BCUT2D eigenvalue weighted by Crippen LogP contribution is -2.05. The van der Waals surface area contributed by atoms with Gasteiger partial charge in [0.1, 0.15) is 21.8 Å². The standard InChI is InChI=1S/C15H13BrFN3O/c1-9(2)21-11-3-4-20-13(8-18-15(20)7-11)12-5-10(17)6-14(16)19-12/h3-9H,1-2H3. The number of hydrogen-bond donors (Lipinski definition) is 0. The predicted molar refractivity (Wildman–Crippen MR) is 81.8 cm³/mol. The molecule has 0 N–H and O–H groups in total. The van der Waals surface area contributed by atoms with Crippen LogP contribution >= 0.6 is 15.9 Å². The monoisotopic (exact) mass is 349 g/mol. The lowest BCUT2D eigenvalue weighted by atomic mass is 10.3. The summed E-state index contributed by atoms with van der Waals surface area (Å²) in [6.07, 6.45) is 3.61. The van der Waals surface area contributed by atoms with E-state index in [-0.39, 0.29) is 11.9 Å². The predicted octanol–water partition coefficient (Wildman–Crippen LogP) is 4.09. The Labute approximate surface area is 129 Å². The van der Waals surface area contributed by atoms with Gasteiger partial charge in [0.15, 0.2) is 0 Å². The smallest absolute Gasteiger partial charge is 0.140 e. The van der Waals surface area contributed by atoms with Crippen molar-refractivity contribution < 1.29 is 9.13 Å². The third-order valence-corrected chi connectivity index (χ3v) is 3.28. The zero-order valence-corrected chi connectivity index (χ0v) is 13.1. The van der Waals surface area contributed by atoms with Crippen LogP contribution in [0.4, 0.5) is 4.39 Å². The van der Waals surface area contributed by atoms with Crippen molar-refractivity contribution >= 4 is 21.6 Å². The van der Waals surface area contributed by atoms with E-state index in [9.17, 15) is 4.39 Å². The molecule has 0 saturated carbocycles. The number of pyridine rings is 2. The van der Waals surface area contributed by atoms with Crippen LogP contribution in [-0.2, 0) is 0 Å². The van der Waals surface area contributed by atoms with Gasteiger partial charge in [0.2, 0.25) is 0 Å². The molecule has 21 heavy (non-hydrogen) atoms. The van der Waals surface area contributed by atoms with Gasteiger partial charge in [-0.15, -0.1) is 0 Å². The van der Waals surface area contributed by atoms with Gasteiger partial charge in [-0.3, -0.25) is 4.40 Å². The highest BCUT2D eigenvalue weighted by Gasteiger charge is 2.10. The molecule has 4 nitrogen and oxygen atoms in total. The van der Waals surface area contributed by atoms with Crippen LogP contribution in [0.3, 0.4) is 0 Å². The molecule has 0 fully saturated rings. The van der Waals surface area contributed by atoms with Gasteiger partial charge in [0.05, 0.1) is 23.7 Å². The minimum Gasteiger partial charge on any atom is -0.491 e. The minimum absolute atomic E-state index is 0.0997. The highest BCUT2D eigenvalue weighted by Crippen LogP contribution is 2.24. The Bertz CT molecular complexity index is 780. The summed E-state index contributed by atoms with van der Waals surface area (Å²) in [4.78, 5) is 8.61. The van der Waals surface area contributed by atoms with Crippen LogP contribution in [-0.4, -0.2) is 20.5 Å². The number of rotatable bonds is 3. The molecule has 3 heterocycles. The van der Waals surface area contributed by atoms with Gasteiger partial charge in [-0.25, -0.2) is 14.4 Å². The average Bonchev–Trinajstić information content (AvgIpc) is 2.79. The second kappa shape index (κ2) is 5.44. The fourth-order valence-electron chi connectivity index (χ4n) is 2.09. The first-order valence-electron chi connectivity index (χ1n) is 6.50. The molecule has 0 aliphatic carbocycles. The first-order valence-corrected chi connectivity index (χ1v) is 7.29. The van der Waals surface area contributed by atoms with E-state index < -0.39 is 0 Å². The van der Waals surface area contributed by atoms with E-state index in [0.717, 1.165) is 17.1 Å².